The van der Waals surface area contributed by atoms with Gasteiger partial charge >= 0.3 is 0 Å². The van der Waals surface area contributed by atoms with E-state index in [0.29, 0.717) is 25.6 Å². The first kappa shape index (κ1) is 20.5. The molecule has 0 fully saturated rings. The van der Waals surface area contributed by atoms with Crippen molar-refractivity contribution in [1.29, 1.82) is 0 Å². The zero-order valence-electron chi connectivity index (χ0n) is 17.5. The van der Waals surface area contributed by atoms with Crippen molar-refractivity contribution < 1.29 is 14.0 Å². The Balaban J connectivity index is 1.64. The van der Waals surface area contributed by atoms with Crippen LogP contribution in [0.3, 0.4) is 0 Å². The van der Waals surface area contributed by atoms with Crippen LogP contribution in [0.2, 0.25) is 0 Å². The molecule has 30 heavy (non-hydrogen) atoms. The van der Waals surface area contributed by atoms with E-state index in [-0.39, 0.29) is 0 Å². The summed E-state index contributed by atoms with van der Waals surface area (Å²) < 4.78 is 18.2. The lowest BCUT2D eigenvalue weighted by molar-refractivity contribution is 0.134. The van der Waals surface area contributed by atoms with E-state index in [2.05, 4.69) is 41.0 Å². The maximum absolute atomic E-state index is 5.53. The predicted molar refractivity (Wildman–Crippen MR) is 116 cm³/mol. The molecule has 0 amide bonds. The van der Waals surface area contributed by atoms with Gasteiger partial charge in [-0.05, 0) is 73.5 Å². The van der Waals surface area contributed by atoms with Gasteiger partial charge in [-0.3, -0.25) is 4.31 Å². The standard InChI is InChI=1S/C23H23N3O3S/c1-15-10-19-12-28-13-20(19)11-18(15)7-8-21-22(6-5-9-24-21)30-26(14-27-4)23-16(2)17(3)29-25-23/h5-6,9-11H,12-14H2,1-4H3. The summed E-state index contributed by atoms with van der Waals surface area (Å²) in [6, 6.07) is 8.18. The Labute approximate surface area is 180 Å². The SMILES string of the molecule is COCN(Sc1cccnc1C#Cc1cc2c(cc1C)COC2)c1noc(C)c1C. The second-order valence-corrected chi connectivity index (χ2v) is 8.17. The van der Waals surface area contributed by atoms with Crippen molar-refractivity contribution in [3.05, 3.63) is 69.7 Å². The monoisotopic (exact) mass is 421 g/mol. The van der Waals surface area contributed by atoms with Gasteiger partial charge in [-0.15, -0.1) is 0 Å². The number of benzene rings is 1. The molecule has 1 aliphatic rings. The zero-order chi connectivity index (χ0) is 21.1. The zero-order valence-corrected chi connectivity index (χ0v) is 18.3. The fourth-order valence-corrected chi connectivity index (χ4v) is 4.16. The first-order valence-electron chi connectivity index (χ1n) is 9.61. The molecule has 0 aliphatic carbocycles. The molecule has 154 valence electrons. The van der Waals surface area contributed by atoms with Crippen molar-refractivity contribution in [3.63, 3.8) is 0 Å². The molecule has 0 saturated carbocycles. The van der Waals surface area contributed by atoms with Crippen LogP contribution in [-0.4, -0.2) is 24.0 Å². The van der Waals surface area contributed by atoms with E-state index >= 15 is 0 Å². The average Bonchev–Trinajstić information content (AvgIpc) is 3.33. The van der Waals surface area contributed by atoms with Crippen molar-refractivity contribution in [1.82, 2.24) is 10.1 Å². The number of aromatic nitrogens is 2. The van der Waals surface area contributed by atoms with Gasteiger partial charge in [-0.25, -0.2) is 4.98 Å². The number of aryl methyl sites for hydroxylation is 2. The van der Waals surface area contributed by atoms with Crippen LogP contribution in [0.5, 0.6) is 0 Å². The number of hydrogen-bond donors (Lipinski definition) is 0. The predicted octanol–water partition coefficient (Wildman–Crippen LogP) is 4.54. The molecule has 3 heterocycles. The van der Waals surface area contributed by atoms with Gasteiger partial charge in [0.25, 0.3) is 0 Å². The minimum absolute atomic E-state index is 0.350. The number of anilines is 1. The Hall–Kier alpha value is -2.79. The Kier molecular flexibility index (Phi) is 6.09. The van der Waals surface area contributed by atoms with Crippen LogP contribution in [-0.2, 0) is 22.7 Å². The number of nitrogens with zero attached hydrogens (tertiary/aromatic N) is 3. The summed E-state index contributed by atoms with van der Waals surface area (Å²) in [6.07, 6.45) is 1.75. The van der Waals surface area contributed by atoms with Gasteiger partial charge in [-0.2, -0.15) is 0 Å². The van der Waals surface area contributed by atoms with Crippen molar-refractivity contribution >= 4 is 17.8 Å². The van der Waals surface area contributed by atoms with Gasteiger partial charge in [0, 0.05) is 24.4 Å². The molecule has 0 saturated heterocycles. The molecule has 3 aromatic rings. The van der Waals surface area contributed by atoms with E-state index in [1.807, 2.05) is 30.3 Å². The van der Waals surface area contributed by atoms with E-state index in [0.717, 1.165) is 33.2 Å². The Morgan fingerprint density at radius 1 is 1.17 bits per heavy atom. The number of methoxy groups -OCH3 is 1. The van der Waals surface area contributed by atoms with E-state index < -0.39 is 0 Å². The summed E-state index contributed by atoms with van der Waals surface area (Å²) in [7, 11) is 1.65. The van der Waals surface area contributed by atoms with Crippen molar-refractivity contribution in [2.75, 3.05) is 18.1 Å². The van der Waals surface area contributed by atoms with Gasteiger partial charge < -0.3 is 14.0 Å². The van der Waals surface area contributed by atoms with Crippen LogP contribution < -0.4 is 4.31 Å². The first-order chi connectivity index (χ1) is 14.6. The van der Waals surface area contributed by atoms with Crippen LogP contribution in [0, 0.1) is 32.6 Å². The highest BCUT2D eigenvalue weighted by atomic mass is 32.2. The Morgan fingerprint density at radius 2 is 1.97 bits per heavy atom. The summed E-state index contributed by atoms with van der Waals surface area (Å²) in [6.45, 7) is 7.63. The van der Waals surface area contributed by atoms with Gasteiger partial charge in [0.2, 0.25) is 0 Å². The van der Waals surface area contributed by atoms with Crippen LogP contribution in [0.15, 0.2) is 39.9 Å². The number of fused-ring (bicyclic) bond motifs is 1. The highest BCUT2D eigenvalue weighted by Gasteiger charge is 2.19. The molecule has 0 radical (unpaired) electrons. The minimum atomic E-state index is 0.350. The first-order valence-corrected chi connectivity index (χ1v) is 10.4. The number of rotatable bonds is 5. The van der Waals surface area contributed by atoms with Crippen LogP contribution in [0.1, 0.15) is 39.3 Å². The fraction of sp³-hybridized carbons (Fsp3) is 0.304. The molecule has 6 nitrogen and oxygen atoms in total. The average molecular weight is 422 g/mol. The van der Waals surface area contributed by atoms with E-state index in [9.17, 15) is 0 Å². The summed E-state index contributed by atoms with van der Waals surface area (Å²) in [5, 5.41) is 4.18. The Morgan fingerprint density at radius 3 is 2.70 bits per heavy atom. The summed E-state index contributed by atoms with van der Waals surface area (Å²) in [4.78, 5) is 5.42. The molecular weight excluding hydrogens is 398 g/mol. The quantitative estimate of drug-likeness (QED) is 0.340. The molecule has 0 unspecified atom stereocenters. The second-order valence-electron chi connectivity index (χ2n) is 7.10. The fourth-order valence-electron chi connectivity index (χ4n) is 3.18. The second kappa shape index (κ2) is 8.92. The van der Waals surface area contributed by atoms with E-state index in [4.69, 9.17) is 14.0 Å². The van der Waals surface area contributed by atoms with Crippen molar-refractivity contribution in [3.8, 4) is 11.8 Å². The van der Waals surface area contributed by atoms with Gasteiger partial charge in [0.05, 0.1) is 18.1 Å². The lowest BCUT2D eigenvalue weighted by Crippen LogP contribution is -2.18. The highest BCUT2D eigenvalue weighted by molar-refractivity contribution is 8.00. The normalized spacial score (nSPS) is 12.4. The van der Waals surface area contributed by atoms with Gasteiger partial charge in [0.15, 0.2) is 5.82 Å². The third kappa shape index (κ3) is 4.21. The topological polar surface area (TPSA) is 60.6 Å². The molecule has 0 atom stereocenters. The summed E-state index contributed by atoms with van der Waals surface area (Å²) in [5.74, 6) is 8.06. The smallest absolute Gasteiger partial charge is 0.187 e. The lowest BCUT2D eigenvalue weighted by atomic mass is 10.0. The molecule has 1 aliphatic heterocycles. The Bertz CT molecular complexity index is 1130. The number of hydrogen-bond acceptors (Lipinski definition) is 7. The molecule has 4 rings (SSSR count). The van der Waals surface area contributed by atoms with Gasteiger partial charge in [-0.1, -0.05) is 17.1 Å². The van der Waals surface area contributed by atoms with Crippen LogP contribution in [0.4, 0.5) is 5.82 Å². The van der Waals surface area contributed by atoms with Crippen molar-refractivity contribution in [2.45, 2.75) is 38.9 Å². The molecule has 1 aromatic carbocycles. The highest BCUT2D eigenvalue weighted by Crippen LogP contribution is 2.32. The summed E-state index contributed by atoms with van der Waals surface area (Å²) in [5.41, 5.74) is 6.29. The van der Waals surface area contributed by atoms with Crippen molar-refractivity contribution in [2.24, 2.45) is 0 Å². The van der Waals surface area contributed by atoms with Crippen LogP contribution in [0.25, 0.3) is 0 Å². The molecular formula is C23H23N3O3S. The van der Waals surface area contributed by atoms with E-state index in [1.165, 1.54) is 23.1 Å². The van der Waals surface area contributed by atoms with Gasteiger partial charge in [0.1, 0.15) is 18.2 Å². The largest absolute Gasteiger partial charge is 0.372 e. The minimum Gasteiger partial charge on any atom is -0.372 e. The molecule has 0 N–H and O–H groups in total. The summed E-state index contributed by atoms with van der Waals surface area (Å²) >= 11 is 1.48. The van der Waals surface area contributed by atoms with Crippen LogP contribution >= 0.6 is 11.9 Å². The molecule has 0 spiro atoms. The number of pyridine rings is 1. The molecule has 2 aromatic heterocycles. The maximum Gasteiger partial charge on any atom is 0.187 e. The third-order valence-corrected chi connectivity index (χ3v) is 6.00. The molecule has 7 heteroatoms. The third-order valence-electron chi connectivity index (χ3n) is 4.97. The number of ether oxygens (including phenoxy) is 2. The maximum atomic E-state index is 5.53. The lowest BCUT2D eigenvalue weighted by Gasteiger charge is -2.20. The molecule has 0 bridgehead atoms. The van der Waals surface area contributed by atoms with E-state index in [1.54, 1.807) is 13.3 Å².